The molecule has 0 saturated heterocycles. The van der Waals surface area contributed by atoms with Crippen LogP contribution in [-0.4, -0.2) is 17.7 Å². The summed E-state index contributed by atoms with van der Waals surface area (Å²) < 4.78 is 0.935. The maximum absolute atomic E-state index is 11.7. The van der Waals surface area contributed by atoms with Crippen molar-refractivity contribution >= 4 is 51.0 Å². The average Bonchev–Trinajstić information content (AvgIpc) is 2.97. The predicted octanol–water partition coefficient (Wildman–Crippen LogP) is 3.63. The third-order valence-corrected chi connectivity index (χ3v) is 5.36. The minimum Gasteiger partial charge on any atom is -0.333 e. The van der Waals surface area contributed by atoms with Crippen molar-refractivity contribution in [3.05, 3.63) is 51.1 Å². The molecule has 2 rings (SSSR count). The van der Waals surface area contributed by atoms with Gasteiger partial charge in [-0.2, -0.15) is 0 Å². The SMILES string of the molecule is O=C(CSc1ccccc1Br)NC(=O)NCc1cccs1. The van der Waals surface area contributed by atoms with E-state index in [1.165, 1.54) is 11.8 Å². The van der Waals surface area contributed by atoms with Crippen molar-refractivity contribution in [1.29, 1.82) is 0 Å². The van der Waals surface area contributed by atoms with Gasteiger partial charge in [-0.15, -0.1) is 23.1 Å². The second kappa shape index (κ2) is 8.21. The Balaban J connectivity index is 1.71. The van der Waals surface area contributed by atoms with E-state index in [0.717, 1.165) is 14.2 Å². The molecule has 0 aliphatic heterocycles. The highest BCUT2D eigenvalue weighted by Gasteiger charge is 2.09. The zero-order valence-electron chi connectivity index (χ0n) is 11.0. The van der Waals surface area contributed by atoms with Crippen LogP contribution in [0.15, 0.2) is 51.1 Å². The van der Waals surface area contributed by atoms with Crippen molar-refractivity contribution in [2.75, 3.05) is 5.75 Å². The summed E-state index contributed by atoms with van der Waals surface area (Å²) >= 11 is 6.35. The number of rotatable bonds is 5. The summed E-state index contributed by atoms with van der Waals surface area (Å²) in [7, 11) is 0. The molecule has 0 fully saturated rings. The highest BCUT2D eigenvalue weighted by atomic mass is 79.9. The Morgan fingerprint density at radius 2 is 2.00 bits per heavy atom. The van der Waals surface area contributed by atoms with Crippen LogP contribution in [0.1, 0.15) is 4.88 Å². The lowest BCUT2D eigenvalue weighted by atomic mass is 10.4. The van der Waals surface area contributed by atoms with Gasteiger partial charge in [0.2, 0.25) is 5.91 Å². The Kier molecular flexibility index (Phi) is 6.28. The quantitative estimate of drug-likeness (QED) is 0.773. The molecule has 0 unspecified atom stereocenters. The lowest BCUT2D eigenvalue weighted by molar-refractivity contribution is -0.117. The van der Waals surface area contributed by atoms with E-state index >= 15 is 0 Å². The fourth-order valence-corrected chi connectivity index (χ4v) is 3.50. The molecule has 0 aliphatic carbocycles. The van der Waals surface area contributed by atoms with Crippen LogP contribution in [0.5, 0.6) is 0 Å². The third-order valence-electron chi connectivity index (χ3n) is 2.45. The molecular formula is C14H13BrN2O2S2. The van der Waals surface area contributed by atoms with Crippen LogP contribution in [0.4, 0.5) is 4.79 Å². The summed E-state index contributed by atoms with van der Waals surface area (Å²) in [4.78, 5) is 25.3. The van der Waals surface area contributed by atoms with E-state index in [-0.39, 0.29) is 11.7 Å². The van der Waals surface area contributed by atoms with E-state index in [2.05, 4.69) is 26.6 Å². The number of halogens is 1. The van der Waals surface area contributed by atoms with Crippen LogP contribution in [0.25, 0.3) is 0 Å². The van der Waals surface area contributed by atoms with Crippen LogP contribution in [0.2, 0.25) is 0 Å². The highest BCUT2D eigenvalue weighted by molar-refractivity contribution is 9.10. The van der Waals surface area contributed by atoms with Crippen LogP contribution in [-0.2, 0) is 11.3 Å². The highest BCUT2D eigenvalue weighted by Crippen LogP contribution is 2.26. The summed E-state index contributed by atoms with van der Waals surface area (Å²) in [5.74, 6) is -0.130. The number of benzene rings is 1. The van der Waals surface area contributed by atoms with E-state index < -0.39 is 6.03 Å². The van der Waals surface area contributed by atoms with Gasteiger partial charge in [0, 0.05) is 14.2 Å². The molecule has 0 radical (unpaired) electrons. The Hall–Kier alpha value is -1.31. The van der Waals surface area contributed by atoms with Crippen molar-refractivity contribution in [3.63, 3.8) is 0 Å². The lowest BCUT2D eigenvalue weighted by Gasteiger charge is -2.06. The topological polar surface area (TPSA) is 58.2 Å². The molecule has 1 heterocycles. The molecule has 2 aromatic rings. The first kappa shape index (κ1) is 16.1. The first-order valence-corrected chi connectivity index (χ1v) is 8.78. The standard InChI is InChI=1S/C14H13BrN2O2S2/c15-11-5-1-2-6-12(11)21-9-13(18)17-14(19)16-8-10-4-3-7-20-10/h1-7H,8-9H2,(H2,16,17,18,19). The van der Waals surface area contributed by atoms with Crippen LogP contribution in [0.3, 0.4) is 0 Å². The molecule has 0 bridgehead atoms. The number of thioether (sulfide) groups is 1. The minimum absolute atomic E-state index is 0.190. The van der Waals surface area contributed by atoms with Crippen molar-refractivity contribution in [2.45, 2.75) is 11.4 Å². The lowest BCUT2D eigenvalue weighted by Crippen LogP contribution is -2.39. The fraction of sp³-hybridized carbons (Fsp3) is 0.143. The number of hydrogen-bond donors (Lipinski definition) is 2. The Morgan fingerprint density at radius 1 is 1.19 bits per heavy atom. The van der Waals surface area contributed by atoms with Crippen molar-refractivity contribution in [2.24, 2.45) is 0 Å². The van der Waals surface area contributed by atoms with E-state index in [4.69, 9.17) is 0 Å². The van der Waals surface area contributed by atoms with Gasteiger partial charge in [-0.25, -0.2) is 4.79 Å². The minimum atomic E-state index is -0.471. The molecule has 2 N–H and O–H groups in total. The summed E-state index contributed by atoms with van der Waals surface area (Å²) in [5.41, 5.74) is 0. The molecule has 0 saturated carbocycles. The van der Waals surface area contributed by atoms with E-state index in [1.807, 2.05) is 41.8 Å². The van der Waals surface area contributed by atoms with E-state index in [0.29, 0.717) is 6.54 Å². The summed E-state index contributed by atoms with van der Waals surface area (Å²) in [6, 6.07) is 11.0. The second-order valence-corrected chi connectivity index (χ2v) is 6.93. The molecule has 110 valence electrons. The summed E-state index contributed by atoms with van der Waals surface area (Å²) in [6.45, 7) is 0.425. The first-order chi connectivity index (χ1) is 10.1. The largest absolute Gasteiger partial charge is 0.333 e. The molecule has 3 amide bonds. The number of imide groups is 1. The zero-order chi connectivity index (χ0) is 15.1. The fourth-order valence-electron chi connectivity index (χ4n) is 1.49. The second-order valence-electron chi connectivity index (χ2n) is 4.03. The van der Waals surface area contributed by atoms with Crippen molar-refractivity contribution < 1.29 is 9.59 Å². The van der Waals surface area contributed by atoms with Crippen molar-refractivity contribution in [1.82, 2.24) is 10.6 Å². The Labute approximate surface area is 139 Å². The summed E-state index contributed by atoms with van der Waals surface area (Å²) in [6.07, 6.45) is 0. The van der Waals surface area contributed by atoms with Gasteiger partial charge in [0.1, 0.15) is 0 Å². The van der Waals surface area contributed by atoms with Crippen LogP contribution >= 0.6 is 39.0 Å². The van der Waals surface area contributed by atoms with Crippen molar-refractivity contribution in [3.8, 4) is 0 Å². The monoisotopic (exact) mass is 384 g/mol. The number of carbonyl (C=O) groups is 2. The molecule has 1 aromatic carbocycles. The predicted molar refractivity (Wildman–Crippen MR) is 89.6 cm³/mol. The zero-order valence-corrected chi connectivity index (χ0v) is 14.2. The van der Waals surface area contributed by atoms with Gasteiger partial charge in [-0.05, 0) is 39.5 Å². The maximum atomic E-state index is 11.7. The Bertz CT molecular complexity index is 617. The van der Waals surface area contributed by atoms with Crippen LogP contribution in [0, 0.1) is 0 Å². The molecular weight excluding hydrogens is 372 g/mol. The molecule has 0 aliphatic rings. The Morgan fingerprint density at radius 3 is 2.71 bits per heavy atom. The van der Waals surface area contributed by atoms with Gasteiger partial charge < -0.3 is 5.32 Å². The number of nitrogens with one attached hydrogen (secondary N) is 2. The molecule has 7 heteroatoms. The normalized spacial score (nSPS) is 10.1. The molecule has 4 nitrogen and oxygen atoms in total. The van der Waals surface area contributed by atoms with Crippen LogP contribution < -0.4 is 10.6 Å². The number of amides is 3. The summed E-state index contributed by atoms with van der Waals surface area (Å²) in [5, 5.41) is 6.90. The van der Waals surface area contributed by atoms with E-state index in [9.17, 15) is 9.59 Å². The molecule has 1 aromatic heterocycles. The van der Waals surface area contributed by atoms with E-state index in [1.54, 1.807) is 11.3 Å². The molecule has 0 atom stereocenters. The van der Waals surface area contributed by atoms with Gasteiger partial charge in [0.05, 0.1) is 12.3 Å². The van der Waals surface area contributed by atoms with Gasteiger partial charge in [0.25, 0.3) is 0 Å². The van der Waals surface area contributed by atoms with Gasteiger partial charge in [0.15, 0.2) is 0 Å². The van der Waals surface area contributed by atoms with Gasteiger partial charge >= 0.3 is 6.03 Å². The first-order valence-electron chi connectivity index (χ1n) is 6.12. The maximum Gasteiger partial charge on any atom is 0.321 e. The van der Waals surface area contributed by atoms with Gasteiger partial charge in [-0.3, -0.25) is 10.1 Å². The molecule has 0 spiro atoms. The smallest absolute Gasteiger partial charge is 0.321 e. The van der Waals surface area contributed by atoms with Gasteiger partial charge in [-0.1, -0.05) is 18.2 Å². The number of thiophene rings is 1. The number of hydrogen-bond acceptors (Lipinski definition) is 4. The number of carbonyl (C=O) groups excluding carboxylic acids is 2. The third kappa shape index (κ3) is 5.53. The average molecular weight is 385 g/mol. The number of urea groups is 1. The molecule has 21 heavy (non-hydrogen) atoms.